The van der Waals surface area contributed by atoms with Crippen molar-refractivity contribution in [1.82, 2.24) is 9.80 Å². The summed E-state index contributed by atoms with van der Waals surface area (Å²) in [6.45, 7) is 9.30. The Labute approximate surface area is 145 Å². The third-order valence-electron chi connectivity index (χ3n) is 5.56. The van der Waals surface area contributed by atoms with Gasteiger partial charge >= 0.3 is 0 Å². The van der Waals surface area contributed by atoms with Crippen LogP contribution in [-0.2, 0) is 6.54 Å². The Morgan fingerprint density at radius 2 is 2.00 bits per heavy atom. The number of hydrogen-bond acceptors (Lipinski definition) is 4. The molecular weight excluding hydrogens is 304 g/mol. The lowest BCUT2D eigenvalue weighted by atomic mass is 10.1. The smallest absolute Gasteiger partial charge is 0.0446 e. The van der Waals surface area contributed by atoms with Crippen LogP contribution in [0.2, 0.25) is 0 Å². The van der Waals surface area contributed by atoms with E-state index in [1.54, 1.807) is 4.88 Å². The van der Waals surface area contributed by atoms with Crippen LogP contribution in [-0.4, -0.2) is 53.2 Å². The van der Waals surface area contributed by atoms with Crippen molar-refractivity contribution in [3.63, 3.8) is 0 Å². The van der Waals surface area contributed by atoms with Crippen molar-refractivity contribution in [3.8, 4) is 0 Å². The molecule has 4 heteroatoms. The highest BCUT2D eigenvalue weighted by molar-refractivity contribution is 7.12. The molecule has 0 bridgehead atoms. The standard InChI is InChI=1S/C19H32N2OS/c1-15(2)21-11-10-20(13-17(21)9-12-22)14-18-7-8-19(23-18)16-5-3-4-6-16/h7-8,15-17,22H,3-6,9-14H2,1-2H3/t17-/m1/s1. The summed E-state index contributed by atoms with van der Waals surface area (Å²) in [5.41, 5.74) is 0. The van der Waals surface area contributed by atoms with Crippen molar-refractivity contribution < 1.29 is 5.11 Å². The van der Waals surface area contributed by atoms with Gasteiger partial charge in [0.1, 0.15) is 0 Å². The Balaban J connectivity index is 1.57. The molecule has 1 N–H and O–H groups in total. The van der Waals surface area contributed by atoms with Crippen LogP contribution in [0.15, 0.2) is 12.1 Å². The van der Waals surface area contributed by atoms with Gasteiger partial charge in [-0.1, -0.05) is 12.8 Å². The second-order valence-corrected chi connectivity index (χ2v) is 8.72. The first-order chi connectivity index (χ1) is 11.2. The number of aliphatic hydroxyl groups is 1. The minimum atomic E-state index is 0.298. The highest BCUT2D eigenvalue weighted by Crippen LogP contribution is 2.37. The van der Waals surface area contributed by atoms with Crippen LogP contribution in [0.1, 0.15) is 61.6 Å². The predicted octanol–water partition coefficient (Wildman–Crippen LogP) is 3.68. The van der Waals surface area contributed by atoms with Crippen molar-refractivity contribution in [2.24, 2.45) is 0 Å². The minimum absolute atomic E-state index is 0.298. The first-order valence-electron chi connectivity index (χ1n) is 9.35. The second-order valence-electron chi connectivity index (χ2n) is 7.52. The molecule has 23 heavy (non-hydrogen) atoms. The Morgan fingerprint density at radius 1 is 1.22 bits per heavy atom. The summed E-state index contributed by atoms with van der Waals surface area (Å²) in [4.78, 5) is 8.28. The number of thiophene rings is 1. The Hall–Kier alpha value is -0.420. The fourth-order valence-electron chi connectivity index (χ4n) is 4.29. The molecule has 2 aliphatic rings. The molecule has 1 saturated heterocycles. The van der Waals surface area contributed by atoms with E-state index in [0.29, 0.717) is 18.7 Å². The Bertz CT molecular complexity index is 481. The summed E-state index contributed by atoms with van der Waals surface area (Å²) in [6.07, 6.45) is 6.51. The predicted molar refractivity (Wildman–Crippen MR) is 98.1 cm³/mol. The van der Waals surface area contributed by atoms with E-state index in [4.69, 9.17) is 0 Å². The molecule has 1 saturated carbocycles. The van der Waals surface area contributed by atoms with Crippen molar-refractivity contribution in [1.29, 1.82) is 0 Å². The molecule has 0 unspecified atom stereocenters. The molecule has 1 aliphatic carbocycles. The number of hydrogen-bond donors (Lipinski definition) is 1. The van der Waals surface area contributed by atoms with Gasteiger partial charge in [0.25, 0.3) is 0 Å². The summed E-state index contributed by atoms with van der Waals surface area (Å²) in [7, 11) is 0. The van der Waals surface area contributed by atoms with Crippen LogP contribution in [0.4, 0.5) is 0 Å². The van der Waals surface area contributed by atoms with Gasteiger partial charge in [0.15, 0.2) is 0 Å². The molecule has 130 valence electrons. The first-order valence-corrected chi connectivity index (χ1v) is 10.2. The summed E-state index contributed by atoms with van der Waals surface area (Å²) < 4.78 is 0. The van der Waals surface area contributed by atoms with Gasteiger partial charge in [-0.25, -0.2) is 0 Å². The van der Waals surface area contributed by atoms with Gasteiger partial charge in [-0.15, -0.1) is 11.3 Å². The fraction of sp³-hybridized carbons (Fsp3) is 0.789. The van der Waals surface area contributed by atoms with E-state index in [2.05, 4.69) is 35.8 Å². The zero-order valence-electron chi connectivity index (χ0n) is 14.7. The molecule has 1 aliphatic heterocycles. The van der Waals surface area contributed by atoms with E-state index in [1.165, 1.54) is 30.6 Å². The quantitative estimate of drug-likeness (QED) is 0.858. The largest absolute Gasteiger partial charge is 0.396 e. The van der Waals surface area contributed by atoms with Gasteiger partial charge in [-0.3, -0.25) is 9.80 Å². The Kier molecular flexibility index (Phi) is 6.13. The molecule has 0 radical (unpaired) electrons. The lowest BCUT2D eigenvalue weighted by Gasteiger charge is -2.43. The average Bonchev–Trinajstić information content (AvgIpc) is 3.18. The molecule has 0 amide bonds. The topological polar surface area (TPSA) is 26.7 Å². The molecule has 2 fully saturated rings. The number of nitrogens with zero attached hydrogens (tertiary/aromatic N) is 2. The number of aliphatic hydroxyl groups excluding tert-OH is 1. The zero-order valence-corrected chi connectivity index (χ0v) is 15.5. The maximum atomic E-state index is 9.38. The molecular formula is C19H32N2OS. The fourth-order valence-corrected chi connectivity index (χ4v) is 5.52. The molecule has 3 rings (SSSR count). The maximum Gasteiger partial charge on any atom is 0.0446 e. The Morgan fingerprint density at radius 3 is 2.70 bits per heavy atom. The first kappa shape index (κ1) is 17.4. The number of rotatable bonds is 6. The highest BCUT2D eigenvalue weighted by Gasteiger charge is 2.28. The summed E-state index contributed by atoms with van der Waals surface area (Å²) >= 11 is 2.04. The van der Waals surface area contributed by atoms with Crippen LogP contribution in [0.3, 0.4) is 0 Å². The third-order valence-corrected chi connectivity index (χ3v) is 6.79. The lowest BCUT2D eigenvalue weighted by molar-refractivity contribution is 0.0353. The average molecular weight is 337 g/mol. The van der Waals surface area contributed by atoms with E-state index in [1.807, 2.05) is 11.3 Å². The van der Waals surface area contributed by atoms with Gasteiger partial charge in [0, 0.05) is 54.6 Å². The van der Waals surface area contributed by atoms with Crippen molar-refractivity contribution >= 4 is 11.3 Å². The maximum absolute atomic E-state index is 9.38. The normalized spacial score (nSPS) is 24.8. The van der Waals surface area contributed by atoms with Crippen molar-refractivity contribution in [3.05, 3.63) is 21.9 Å². The van der Waals surface area contributed by atoms with Crippen LogP contribution >= 0.6 is 11.3 Å². The van der Waals surface area contributed by atoms with Gasteiger partial charge in [0.05, 0.1) is 0 Å². The van der Waals surface area contributed by atoms with Crippen molar-refractivity contribution in [2.75, 3.05) is 26.2 Å². The molecule has 0 spiro atoms. The second kappa shape index (κ2) is 8.11. The minimum Gasteiger partial charge on any atom is -0.396 e. The summed E-state index contributed by atoms with van der Waals surface area (Å²) in [5.74, 6) is 0.841. The van der Waals surface area contributed by atoms with E-state index in [9.17, 15) is 5.11 Å². The van der Waals surface area contributed by atoms with Crippen LogP contribution < -0.4 is 0 Å². The third kappa shape index (κ3) is 4.36. The van der Waals surface area contributed by atoms with Gasteiger partial charge < -0.3 is 5.11 Å². The van der Waals surface area contributed by atoms with E-state index >= 15 is 0 Å². The monoisotopic (exact) mass is 336 g/mol. The molecule has 1 aromatic rings. The molecule has 3 nitrogen and oxygen atoms in total. The molecule has 1 atom stereocenters. The van der Waals surface area contributed by atoms with Crippen LogP contribution in [0.25, 0.3) is 0 Å². The van der Waals surface area contributed by atoms with E-state index in [-0.39, 0.29) is 0 Å². The van der Waals surface area contributed by atoms with Gasteiger partial charge in [-0.2, -0.15) is 0 Å². The summed E-state index contributed by atoms with van der Waals surface area (Å²) in [6, 6.07) is 5.81. The highest BCUT2D eigenvalue weighted by atomic mass is 32.1. The van der Waals surface area contributed by atoms with Crippen LogP contribution in [0, 0.1) is 0 Å². The van der Waals surface area contributed by atoms with Gasteiger partial charge in [0.2, 0.25) is 0 Å². The summed E-state index contributed by atoms with van der Waals surface area (Å²) in [5, 5.41) is 9.38. The zero-order chi connectivity index (χ0) is 16.2. The molecule has 2 heterocycles. The van der Waals surface area contributed by atoms with Crippen LogP contribution in [0.5, 0.6) is 0 Å². The lowest BCUT2D eigenvalue weighted by Crippen LogP contribution is -2.55. The van der Waals surface area contributed by atoms with Crippen molar-refractivity contribution in [2.45, 2.75) is 70.5 Å². The van der Waals surface area contributed by atoms with E-state index < -0.39 is 0 Å². The van der Waals surface area contributed by atoms with Gasteiger partial charge in [-0.05, 0) is 51.2 Å². The molecule has 0 aromatic carbocycles. The number of piperazine rings is 1. The molecule has 1 aromatic heterocycles. The SMILES string of the molecule is CC(C)N1CCN(Cc2ccc(C3CCCC3)s2)C[C@H]1CCO. The van der Waals surface area contributed by atoms with E-state index in [0.717, 1.165) is 38.5 Å².